The Morgan fingerprint density at radius 2 is 2.00 bits per heavy atom. The van der Waals surface area contributed by atoms with Crippen LogP contribution in [0.2, 0.25) is 0 Å². The molecule has 5 rings (SSSR count). The fraction of sp³-hybridized carbons (Fsp3) is 0.500. The summed E-state index contributed by atoms with van der Waals surface area (Å²) in [5.74, 6) is -2.64. The van der Waals surface area contributed by atoms with Crippen LogP contribution in [0.25, 0.3) is 10.9 Å². The summed E-state index contributed by atoms with van der Waals surface area (Å²) in [5, 5.41) is 55.4. The van der Waals surface area contributed by atoms with Crippen LogP contribution in [0.3, 0.4) is 0 Å². The first-order valence-corrected chi connectivity index (χ1v) is 12.4. The first-order valence-electron chi connectivity index (χ1n) is 12.4. The molecule has 1 fully saturated rings. The molecule has 1 saturated heterocycles. The highest BCUT2D eigenvalue weighted by molar-refractivity contribution is 5.86. The molecule has 11 nitrogen and oxygen atoms in total. The van der Waals surface area contributed by atoms with Gasteiger partial charge < -0.3 is 54.8 Å². The quantitative estimate of drug-likeness (QED) is 0.226. The van der Waals surface area contributed by atoms with Crippen molar-refractivity contribution in [2.75, 3.05) is 13.2 Å². The molecule has 37 heavy (non-hydrogen) atoms. The van der Waals surface area contributed by atoms with E-state index in [2.05, 4.69) is 22.9 Å². The first kappa shape index (κ1) is 25.9. The number of nitrogens with two attached hydrogens (primary N) is 1. The van der Waals surface area contributed by atoms with Crippen LogP contribution in [0.4, 0.5) is 0 Å². The van der Waals surface area contributed by atoms with E-state index in [1.165, 1.54) is 11.6 Å². The maximum Gasteiger partial charge on any atom is 0.208 e. The number of aromatic amines is 1. The maximum absolute atomic E-state index is 12.1. The minimum absolute atomic E-state index is 0.0322. The summed E-state index contributed by atoms with van der Waals surface area (Å²) >= 11 is 0. The number of aliphatic carboxylic acids is 1. The number of para-hydroxylation sites is 1. The molecule has 11 heteroatoms. The molecule has 0 aliphatic carbocycles. The van der Waals surface area contributed by atoms with Gasteiger partial charge in [-0.2, -0.15) is 0 Å². The Hall–Kier alpha value is -2.77. The highest BCUT2D eigenvalue weighted by Crippen LogP contribution is 2.40. The third-order valence-corrected chi connectivity index (χ3v) is 7.70. The van der Waals surface area contributed by atoms with E-state index >= 15 is 0 Å². The molecule has 0 bridgehead atoms. The number of benzene rings is 1. The SMILES string of the molecule is C=C[C@H]1[C@@H](O[C@H]2O[C@@H](CO)[C@H](O)[C@@H](O)[C@@H]2O)OC=C(C(=O)[O-])[C@H]1C[C@@H]1[NH2+]CCc2c1[nH]c1ccccc21. The molecule has 0 saturated carbocycles. The average Bonchev–Trinajstić information content (AvgIpc) is 3.28. The molecule has 9 atom stereocenters. The summed E-state index contributed by atoms with van der Waals surface area (Å²) in [7, 11) is 0. The van der Waals surface area contributed by atoms with E-state index in [4.69, 9.17) is 14.2 Å². The Labute approximate surface area is 213 Å². The molecule has 1 aromatic carbocycles. The van der Waals surface area contributed by atoms with Crippen LogP contribution in [0.15, 0.2) is 48.8 Å². The van der Waals surface area contributed by atoms with Crippen LogP contribution < -0.4 is 10.4 Å². The second-order valence-corrected chi connectivity index (χ2v) is 9.80. The first-order chi connectivity index (χ1) is 17.8. The van der Waals surface area contributed by atoms with Crippen molar-refractivity contribution >= 4 is 16.9 Å². The number of aromatic nitrogens is 1. The van der Waals surface area contributed by atoms with Crippen molar-refractivity contribution in [3.05, 3.63) is 60.0 Å². The number of carboxylic acids is 1. The van der Waals surface area contributed by atoms with E-state index in [0.717, 1.165) is 35.8 Å². The van der Waals surface area contributed by atoms with Gasteiger partial charge in [-0.3, -0.25) is 0 Å². The summed E-state index contributed by atoms with van der Waals surface area (Å²) in [6, 6.07) is 7.98. The van der Waals surface area contributed by atoms with E-state index in [1.54, 1.807) is 0 Å². The zero-order valence-electron chi connectivity index (χ0n) is 20.1. The van der Waals surface area contributed by atoms with Gasteiger partial charge in [0.2, 0.25) is 6.29 Å². The number of carboxylic acid groups (broad SMARTS) is 1. The fourth-order valence-corrected chi connectivity index (χ4v) is 5.75. The molecular weight excluding hydrogens is 484 g/mol. The number of fused-ring (bicyclic) bond motifs is 3. The summed E-state index contributed by atoms with van der Waals surface area (Å²) in [6.45, 7) is 4.11. The molecule has 0 radical (unpaired) electrons. The van der Waals surface area contributed by atoms with Crippen LogP contribution in [0.5, 0.6) is 0 Å². The Morgan fingerprint density at radius 1 is 1.22 bits per heavy atom. The molecule has 3 aliphatic heterocycles. The predicted octanol–water partition coefficient (Wildman–Crippen LogP) is -2.06. The number of aliphatic hydroxyl groups is 4. The highest BCUT2D eigenvalue weighted by Gasteiger charge is 2.47. The molecule has 0 spiro atoms. The Kier molecular flexibility index (Phi) is 7.37. The topological polar surface area (TPSA) is 181 Å². The minimum atomic E-state index is -1.63. The number of rotatable bonds is 7. The second kappa shape index (κ2) is 10.5. The van der Waals surface area contributed by atoms with Gasteiger partial charge in [-0.15, -0.1) is 6.58 Å². The number of carbonyl (C=O) groups excluding carboxylic acids is 1. The van der Waals surface area contributed by atoms with Gasteiger partial charge in [0.25, 0.3) is 0 Å². The lowest BCUT2D eigenvalue weighted by molar-refractivity contribution is -0.701. The number of carbonyl (C=O) groups is 1. The normalized spacial score (nSPS) is 35.9. The van der Waals surface area contributed by atoms with Gasteiger partial charge in [-0.25, -0.2) is 0 Å². The van der Waals surface area contributed by atoms with Crippen LogP contribution in [0, 0.1) is 11.8 Å². The van der Waals surface area contributed by atoms with Crippen LogP contribution >= 0.6 is 0 Å². The van der Waals surface area contributed by atoms with Crippen molar-refractivity contribution in [2.45, 2.75) is 55.9 Å². The summed E-state index contributed by atoms with van der Waals surface area (Å²) in [5.41, 5.74) is 3.26. The minimum Gasteiger partial charge on any atom is -0.545 e. The van der Waals surface area contributed by atoms with E-state index in [1.807, 2.05) is 18.2 Å². The number of aliphatic hydroxyl groups excluding tert-OH is 4. The van der Waals surface area contributed by atoms with Crippen molar-refractivity contribution in [3.8, 4) is 0 Å². The van der Waals surface area contributed by atoms with E-state index < -0.39 is 61.4 Å². The molecule has 7 N–H and O–H groups in total. The number of hydrogen-bond donors (Lipinski definition) is 6. The lowest BCUT2D eigenvalue weighted by Crippen LogP contribution is -2.87. The van der Waals surface area contributed by atoms with Gasteiger partial charge >= 0.3 is 0 Å². The smallest absolute Gasteiger partial charge is 0.208 e. The zero-order chi connectivity index (χ0) is 26.3. The van der Waals surface area contributed by atoms with Gasteiger partial charge in [0.15, 0.2) is 6.29 Å². The summed E-state index contributed by atoms with van der Waals surface area (Å²) in [6.07, 6.45) is -4.58. The highest BCUT2D eigenvalue weighted by atomic mass is 16.8. The zero-order valence-corrected chi connectivity index (χ0v) is 20.1. The van der Waals surface area contributed by atoms with Crippen molar-refractivity contribution in [1.29, 1.82) is 0 Å². The Balaban J connectivity index is 1.41. The Bertz CT molecular complexity index is 1180. The van der Waals surface area contributed by atoms with Gasteiger partial charge in [-0.1, -0.05) is 24.3 Å². The molecule has 0 amide bonds. The molecule has 2 aromatic rings. The van der Waals surface area contributed by atoms with Crippen molar-refractivity contribution in [1.82, 2.24) is 4.98 Å². The van der Waals surface area contributed by atoms with Gasteiger partial charge in [-0.05, 0) is 11.6 Å². The summed E-state index contributed by atoms with van der Waals surface area (Å²) < 4.78 is 16.9. The number of nitrogens with one attached hydrogen (secondary N) is 1. The predicted molar refractivity (Wildman–Crippen MR) is 126 cm³/mol. The second-order valence-electron chi connectivity index (χ2n) is 9.80. The molecular formula is C26H32N2O9. The maximum atomic E-state index is 12.1. The lowest BCUT2D eigenvalue weighted by Gasteiger charge is -2.43. The van der Waals surface area contributed by atoms with Crippen LogP contribution in [-0.4, -0.2) is 81.5 Å². The van der Waals surface area contributed by atoms with Gasteiger partial charge in [0.1, 0.15) is 30.5 Å². The van der Waals surface area contributed by atoms with Crippen molar-refractivity contribution in [2.24, 2.45) is 11.8 Å². The van der Waals surface area contributed by atoms with Crippen LogP contribution in [-0.2, 0) is 25.4 Å². The van der Waals surface area contributed by atoms with E-state index in [0.29, 0.717) is 6.42 Å². The largest absolute Gasteiger partial charge is 0.545 e. The van der Waals surface area contributed by atoms with Gasteiger partial charge in [0, 0.05) is 41.2 Å². The molecule has 4 heterocycles. The standard InChI is InChI=1S/C26H32N2O9/c1-2-12-15(9-18-20-14(7-8-27-18)13-5-3-4-6-17(13)28-20)16(24(33)34)11-35-25(12)37-26-23(32)22(31)21(30)19(10-29)36-26/h2-6,11-12,15,18-19,21-23,25-32H,1,7-10H2,(H,33,34)/t12-,15+,18+,19+,21+,22-,23+,25-,26-/m1/s1. The number of ether oxygens (including phenoxy) is 3. The molecule has 0 unspecified atom stereocenters. The molecule has 200 valence electrons. The lowest BCUT2D eigenvalue weighted by atomic mass is 9.78. The monoisotopic (exact) mass is 516 g/mol. The summed E-state index contributed by atoms with van der Waals surface area (Å²) in [4.78, 5) is 15.6. The fourth-order valence-electron chi connectivity index (χ4n) is 5.75. The number of H-pyrrole nitrogens is 1. The molecule has 1 aromatic heterocycles. The third-order valence-electron chi connectivity index (χ3n) is 7.70. The van der Waals surface area contributed by atoms with Crippen molar-refractivity contribution < 1.29 is 49.9 Å². The number of quaternary nitrogens is 1. The Morgan fingerprint density at radius 3 is 2.73 bits per heavy atom. The van der Waals surface area contributed by atoms with Gasteiger partial charge in [0.05, 0.1) is 31.1 Å². The molecule has 3 aliphatic rings. The van der Waals surface area contributed by atoms with Crippen LogP contribution in [0.1, 0.15) is 23.7 Å². The third kappa shape index (κ3) is 4.68. The average molecular weight is 517 g/mol. The van der Waals surface area contributed by atoms with Crippen molar-refractivity contribution in [3.63, 3.8) is 0 Å². The van der Waals surface area contributed by atoms with E-state index in [-0.39, 0.29) is 11.6 Å². The van der Waals surface area contributed by atoms with E-state index in [9.17, 15) is 30.3 Å². The number of hydrogen-bond acceptors (Lipinski definition) is 9.